The van der Waals surface area contributed by atoms with E-state index in [0.717, 1.165) is 0 Å². The Kier molecular flexibility index (Phi) is 8.14. The molecule has 1 heterocycles. The summed E-state index contributed by atoms with van der Waals surface area (Å²) in [7, 11) is 4.46. The van der Waals surface area contributed by atoms with Gasteiger partial charge in [-0.2, -0.15) is 4.98 Å². The Hall–Kier alpha value is -3.41. The Bertz CT molecular complexity index is 932. The normalized spacial score (nSPS) is 12.5. The molecule has 0 saturated heterocycles. The number of methoxy groups -OCH3 is 3. The van der Waals surface area contributed by atoms with Crippen LogP contribution in [0.3, 0.4) is 0 Å². The maximum absolute atomic E-state index is 11.6. The number of thioether (sulfide) groups is 1. The number of hydrogen-bond acceptors (Lipinski definition) is 10. The Balaban J connectivity index is 2.54. The third-order valence-corrected chi connectivity index (χ3v) is 5.63. The molecular formula is C19H25N5O6S. The van der Waals surface area contributed by atoms with Gasteiger partial charge < -0.3 is 36.1 Å². The highest BCUT2D eigenvalue weighted by Crippen LogP contribution is 2.45. The van der Waals surface area contributed by atoms with E-state index in [1.54, 1.807) is 12.1 Å². The fraction of sp³-hybridized carbons (Fsp3) is 0.368. The fourth-order valence-corrected chi connectivity index (χ4v) is 4.15. The van der Waals surface area contributed by atoms with Gasteiger partial charge in [-0.05, 0) is 17.7 Å². The summed E-state index contributed by atoms with van der Waals surface area (Å²) in [4.78, 5) is 31.0. The number of ether oxygens (including phenoxy) is 3. The van der Waals surface area contributed by atoms with Crippen molar-refractivity contribution in [2.24, 2.45) is 0 Å². The molecular weight excluding hydrogens is 426 g/mol. The van der Waals surface area contributed by atoms with Crippen molar-refractivity contribution in [1.29, 1.82) is 0 Å². The van der Waals surface area contributed by atoms with Crippen molar-refractivity contribution in [1.82, 2.24) is 15.3 Å². The summed E-state index contributed by atoms with van der Waals surface area (Å²) in [5, 5.41) is 11.3. The number of carbonyl (C=O) groups excluding carboxylic acids is 1. The predicted octanol–water partition coefficient (Wildman–Crippen LogP) is 1.08. The van der Waals surface area contributed by atoms with Gasteiger partial charge >= 0.3 is 5.97 Å². The predicted molar refractivity (Wildman–Crippen MR) is 116 cm³/mol. The number of carboxylic acids is 1. The third-order valence-electron chi connectivity index (χ3n) is 4.24. The van der Waals surface area contributed by atoms with Gasteiger partial charge in [-0.1, -0.05) is 0 Å². The van der Waals surface area contributed by atoms with Crippen LogP contribution in [0.25, 0.3) is 0 Å². The molecule has 0 aliphatic heterocycles. The lowest BCUT2D eigenvalue weighted by atomic mass is 10.0. The van der Waals surface area contributed by atoms with Crippen LogP contribution in [0.4, 0.5) is 11.8 Å². The standard InChI is InChI=1S/C19H25N5O6S/c1-9(25)23-12(18(26)27)8-31-16(11-7-22-19(21)24-17(11)20)10-5-13(28-2)15(30-4)14(6-10)29-3/h5-7,12,16H,8H2,1-4H3,(H,23,25)(H,26,27)(H4,20,21,22,24)/t12-,16?/m0/s1. The molecule has 1 amide bonds. The molecule has 31 heavy (non-hydrogen) atoms. The van der Waals surface area contributed by atoms with E-state index < -0.39 is 23.2 Å². The first-order valence-corrected chi connectivity index (χ1v) is 10.1. The van der Waals surface area contributed by atoms with Crippen molar-refractivity contribution in [2.75, 3.05) is 38.5 Å². The number of nitrogens with two attached hydrogens (primary N) is 2. The summed E-state index contributed by atoms with van der Waals surface area (Å²) in [5.41, 5.74) is 12.9. The Morgan fingerprint density at radius 2 is 1.77 bits per heavy atom. The number of aromatic nitrogens is 2. The maximum Gasteiger partial charge on any atom is 0.327 e. The van der Waals surface area contributed by atoms with Gasteiger partial charge in [-0.25, -0.2) is 9.78 Å². The molecule has 6 N–H and O–H groups in total. The summed E-state index contributed by atoms with van der Waals surface area (Å²) in [6.45, 7) is 1.25. The van der Waals surface area contributed by atoms with Crippen LogP contribution in [0.5, 0.6) is 17.2 Å². The highest BCUT2D eigenvalue weighted by molar-refractivity contribution is 7.99. The second kappa shape index (κ2) is 10.6. The highest BCUT2D eigenvalue weighted by Gasteiger charge is 2.27. The van der Waals surface area contributed by atoms with E-state index in [2.05, 4.69) is 15.3 Å². The molecule has 1 aromatic carbocycles. The summed E-state index contributed by atoms with van der Waals surface area (Å²) < 4.78 is 16.2. The van der Waals surface area contributed by atoms with Gasteiger partial charge in [0, 0.05) is 24.4 Å². The van der Waals surface area contributed by atoms with Gasteiger partial charge in [-0.15, -0.1) is 11.8 Å². The van der Waals surface area contributed by atoms with E-state index >= 15 is 0 Å². The van der Waals surface area contributed by atoms with Crippen molar-refractivity contribution >= 4 is 35.4 Å². The first-order valence-electron chi connectivity index (χ1n) is 9.01. The minimum absolute atomic E-state index is 0.0107. The zero-order valence-electron chi connectivity index (χ0n) is 17.5. The zero-order chi connectivity index (χ0) is 23.1. The summed E-state index contributed by atoms with van der Waals surface area (Å²) in [6, 6.07) is 2.34. The molecule has 0 aliphatic rings. The molecule has 0 spiro atoms. The molecule has 2 rings (SSSR count). The Labute approximate surface area is 183 Å². The molecule has 2 atom stereocenters. The zero-order valence-corrected chi connectivity index (χ0v) is 18.4. The number of rotatable bonds is 10. The van der Waals surface area contributed by atoms with Crippen molar-refractivity contribution in [3.05, 3.63) is 29.5 Å². The van der Waals surface area contributed by atoms with Gasteiger partial charge in [0.15, 0.2) is 11.5 Å². The summed E-state index contributed by atoms with van der Waals surface area (Å²) >= 11 is 1.23. The van der Waals surface area contributed by atoms with Crippen molar-refractivity contribution in [3.8, 4) is 17.2 Å². The highest BCUT2D eigenvalue weighted by atomic mass is 32.2. The van der Waals surface area contributed by atoms with E-state index in [1.165, 1.54) is 46.2 Å². The van der Waals surface area contributed by atoms with Gasteiger partial charge in [0.05, 0.1) is 26.6 Å². The third kappa shape index (κ3) is 5.81. The van der Waals surface area contributed by atoms with Gasteiger partial charge in [0.25, 0.3) is 0 Å². The number of nitrogen functional groups attached to an aromatic ring is 2. The second-order valence-electron chi connectivity index (χ2n) is 6.33. The van der Waals surface area contributed by atoms with E-state index in [4.69, 9.17) is 25.7 Å². The van der Waals surface area contributed by atoms with Crippen LogP contribution in [0.2, 0.25) is 0 Å². The molecule has 0 bridgehead atoms. The number of carbonyl (C=O) groups is 2. The van der Waals surface area contributed by atoms with Crippen LogP contribution in [-0.2, 0) is 9.59 Å². The lowest BCUT2D eigenvalue weighted by molar-refractivity contribution is -0.140. The molecule has 1 unspecified atom stereocenters. The topological polar surface area (TPSA) is 172 Å². The summed E-state index contributed by atoms with van der Waals surface area (Å²) in [5.74, 6) is -0.189. The van der Waals surface area contributed by atoms with Crippen molar-refractivity contribution in [3.63, 3.8) is 0 Å². The van der Waals surface area contributed by atoms with Crippen LogP contribution in [0, 0.1) is 0 Å². The first kappa shape index (κ1) is 23.9. The lowest BCUT2D eigenvalue weighted by Gasteiger charge is -2.23. The molecule has 2 aromatic rings. The molecule has 168 valence electrons. The largest absolute Gasteiger partial charge is 0.493 e. The number of aliphatic carboxylic acids is 1. The van der Waals surface area contributed by atoms with Gasteiger partial charge in [0.1, 0.15) is 11.9 Å². The minimum Gasteiger partial charge on any atom is -0.493 e. The molecule has 0 aliphatic carbocycles. The minimum atomic E-state index is -1.16. The number of nitrogens with zero attached hydrogens (tertiary/aromatic N) is 2. The Morgan fingerprint density at radius 1 is 1.16 bits per heavy atom. The number of amides is 1. The van der Waals surface area contributed by atoms with Crippen molar-refractivity contribution < 1.29 is 28.9 Å². The molecule has 0 fully saturated rings. The van der Waals surface area contributed by atoms with E-state index in [0.29, 0.717) is 28.4 Å². The average molecular weight is 452 g/mol. The molecule has 12 heteroatoms. The molecule has 11 nitrogen and oxygen atoms in total. The van der Waals surface area contributed by atoms with E-state index in [9.17, 15) is 14.7 Å². The van der Waals surface area contributed by atoms with Gasteiger partial charge in [-0.3, -0.25) is 4.79 Å². The quantitative estimate of drug-likeness (QED) is 0.407. The number of nitrogens with one attached hydrogen (secondary N) is 1. The second-order valence-corrected chi connectivity index (χ2v) is 7.47. The van der Waals surface area contributed by atoms with Crippen molar-refractivity contribution in [2.45, 2.75) is 18.2 Å². The van der Waals surface area contributed by atoms with E-state index in [1.807, 2.05) is 0 Å². The maximum atomic E-state index is 11.6. The number of hydrogen-bond donors (Lipinski definition) is 4. The summed E-state index contributed by atoms with van der Waals surface area (Å²) in [6.07, 6.45) is 1.48. The van der Waals surface area contributed by atoms with Gasteiger partial charge in [0.2, 0.25) is 17.6 Å². The van der Waals surface area contributed by atoms with Crippen LogP contribution in [-0.4, -0.2) is 60.1 Å². The van der Waals surface area contributed by atoms with Crippen LogP contribution >= 0.6 is 11.8 Å². The number of anilines is 2. The molecule has 1 aromatic heterocycles. The lowest BCUT2D eigenvalue weighted by Crippen LogP contribution is -2.41. The number of benzene rings is 1. The average Bonchev–Trinajstić information content (AvgIpc) is 2.72. The van der Waals surface area contributed by atoms with Crippen LogP contribution in [0.15, 0.2) is 18.3 Å². The number of carboxylic acid groups (broad SMARTS) is 1. The molecule has 0 radical (unpaired) electrons. The van der Waals surface area contributed by atoms with E-state index in [-0.39, 0.29) is 17.5 Å². The first-order chi connectivity index (χ1) is 14.7. The van der Waals surface area contributed by atoms with Crippen LogP contribution in [0.1, 0.15) is 23.3 Å². The smallest absolute Gasteiger partial charge is 0.327 e. The SMILES string of the molecule is COc1cc(C(SC[C@H](NC(C)=O)C(=O)O)c2cnc(N)nc2N)cc(OC)c1OC. The monoisotopic (exact) mass is 451 g/mol. The fourth-order valence-electron chi connectivity index (χ4n) is 2.85. The molecule has 0 saturated carbocycles. The Morgan fingerprint density at radius 3 is 2.23 bits per heavy atom. The van der Waals surface area contributed by atoms with Crippen LogP contribution < -0.4 is 31.0 Å².